The maximum Gasteiger partial charge on any atom is 0.230 e. The highest BCUT2D eigenvalue weighted by Gasteiger charge is 2.09. The lowest BCUT2D eigenvalue weighted by atomic mass is 10.3. The number of halogens is 2. The second-order valence-electron chi connectivity index (χ2n) is 5.08. The average Bonchev–Trinajstić information content (AvgIpc) is 2.78. The number of carbonyl (C=O) groups is 1. The number of carbonyl (C=O) groups excluding carboxylic acids is 1. The van der Waals surface area contributed by atoms with Crippen LogP contribution in [0.5, 0.6) is 0 Å². The molecule has 4 nitrogen and oxygen atoms in total. The number of anilines is 1. The highest BCUT2D eigenvalue weighted by molar-refractivity contribution is 6.35. The second kappa shape index (κ2) is 5.99. The van der Waals surface area contributed by atoms with Crippen molar-refractivity contribution in [3.8, 4) is 0 Å². The molecular formula is C16H13Cl2N3O. The van der Waals surface area contributed by atoms with Gasteiger partial charge in [-0.3, -0.25) is 4.79 Å². The standard InChI is InChI=1S/C16H13Cl2N3O/c1-10-2-3-21-9-14(19-15(21)4-10)8-16(22)20-13-6-11(17)5-12(18)7-13/h2-7,9H,8H2,1H3,(H,20,22). The van der Waals surface area contributed by atoms with Crippen molar-refractivity contribution in [2.75, 3.05) is 5.32 Å². The van der Waals surface area contributed by atoms with Gasteiger partial charge in [-0.05, 0) is 42.8 Å². The predicted octanol–water partition coefficient (Wildman–Crippen LogP) is 4.13. The number of aromatic nitrogens is 2. The van der Waals surface area contributed by atoms with E-state index in [4.69, 9.17) is 23.2 Å². The summed E-state index contributed by atoms with van der Waals surface area (Å²) in [5, 5.41) is 3.73. The molecule has 22 heavy (non-hydrogen) atoms. The molecule has 0 radical (unpaired) electrons. The SMILES string of the molecule is Cc1ccn2cc(CC(=O)Nc3cc(Cl)cc(Cl)c3)nc2c1. The molecule has 0 aliphatic rings. The molecule has 2 heterocycles. The number of nitrogens with one attached hydrogen (secondary N) is 1. The molecular weight excluding hydrogens is 321 g/mol. The fourth-order valence-corrected chi connectivity index (χ4v) is 2.74. The van der Waals surface area contributed by atoms with E-state index in [2.05, 4.69) is 10.3 Å². The summed E-state index contributed by atoms with van der Waals surface area (Å²) in [7, 11) is 0. The summed E-state index contributed by atoms with van der Waals surface area (Å²) in [5.74, 6) is -0.168. The van der Waals surface area contributed by atoms with Crippen molar-refractivity contribution in [2.24, 2.45) is 0 Å². The van der Waals surface area contributed by atoms with Gasteiger partial charge >= 0.3 is 0 Å². The number of benzene rings is 1. The summed E-state index contributed by atoms with van der Waals surface area (Å²) in [5.41, 5.74) is 3.23. The molecule has 0 saturated heterocycles. The van der Waals surface area contributed by atoms with Crippen LogP contribution in [0.15, 0.2) is 42.7 Å². The molecule has 1 N–H and O–H groups in total. The van der Waals surface area contributed by atoms with Gasteiger partial charge in [-0.1, -0.05) is 23.2 Å². The third kappa shape index (κ3) is 3.40. The maximum atomic E-state index is 12.1. The van der Waals surface area contributed by atoms with E-state index in [1.54, 1.807) is 18.2 Å². The number of nitrogens with zero attached hydrogens (tertiary/aromatic N) is 2. The van der Waals surface area contributed by atoms with Crippen LogP contribution in [0.25, 0.3) is 5.65 Å². The van der Waals surface area contributed by atoms with Gasteiger partial charge in [0.25, 0.3) is 0 Å². The van der Waals surface area contributed by atoms with Gasteiger partial charge in [-0.15, -0.1) is 0 Å². The Morgan fingerprint density at radius 2 is 1.95 bits per heavy atom. The van der Waals surface area contributed by atoms with Crippen LogP contribution in [-0.4, -0.2) is 15.3 Å². The minimum absolute atomic E-state index is 0.168. The van der Waals surface area contributed by atoms with Crippen molar-refractivity contribution in [2.45, 2.75) is 13.3 Å². The molecule has 3 aromatic rings. The molecule has 1 aromatic carbocycles. The molecule has 0 aliphatic heterocycles. The van der Waals surface area contributed by atoms with E-state index in [9.17, 15) is 4.79 Å². The molecule has 2 aromatic heterocycles. The first kappa shape index (κ1) is 14.9. The van der Waals surface area contributed by atoms with Crippen molar-refractivity contribution in [1.82, 2.24) is 9.38 Å². The molecule has 3 rings (SSSR count). The number of hydrogen-bond acceptors (Lipinski definition) is 2. The fraction of sp³-hybridized carbons (Fsp3) is 0.125. The zero-order valence-electron chi connectivity index (χ0n) is 11.8. The predicted molar refractivity (Wildman–Crippen MR) is 88.7 cm³/mol. The zero-order valence-corrected chi connectivity index (χ0v) is 13.3. The lowest BCUT2D eigenvalue weighted by Crippen LogP contribution is -2.14. The smallest absolute Gasteiger partial charge is 0.230 e. The Morgan fingerprint density at radius 3 is 2.68 bits per heavy atom. The van der Waals surface area contributed by atoms with E-state index < -0.39 is 0 Å². The second-order valence-corrected chi connectivity index (χ2v) is 5.96. The van der Waals surface area contributed by atoms with Crippen LogP contribution in [0.1, 0.15) is 11.3 Å². The number of amides is 1. The van der Waals surface area contributed by atoms with Crippen molar-refractivity contribution in [3.63, 3.8) is 0 Å². The van der Waals surface area contributed by atoms with Gasteiger partial charge < -0.3 is 9.72 Å². The van der Waals surface area contributed by atoms with Gasteiger partial charge in [-0.25, -0.2) is 4.98 Å². The van der Waals surface area contributed by atoms with Gasteiger partial charge in [-0.2, -0.15) is 0 Å². The topological polar surface area (TPSA) is 46.4 Å². The Kier molecular flexibility index (Phi) is 4.05. The first-order valence-corrected chi connectivity index (χ1v) is 7.45. The Morgan fingerprint density at radius 1 is 1.23 bits per heavy atom. The van der Waals surface area contributed by atoms with Crippen LogP contribution in [0, 0.1) is 6.92 Å². The van der Waals surface area contributed by atoms with Crippen LogP contribution in [0.3, 0.4) is 0 Å². The lowest BCUT2D eigenvalue weighted by molar-refractivity contribution is -0.115. The van der Waals surface area contributed by atoms with E-state index in [1.165, 1.54) is 0 Å². The maximum absolute atomic E-state index is 12.1. The summed E-state index contributed by atoms with van der Waals surface area (Å²) in [6.45, 7) is 2.00. The van der Waals surface area contributed by atoms with Crippen LogP contribution >= 0.6 is 23.2 Å². The molecule has 0 bridgehead atoms. The molecule has 0 aliphatic carbocycles. The quantitative estimate of drug-likeness (QED) is 0.783. The lowest BCUT2D eigenvalue weighted by Gasteiger charge is -2.05. The van der Waals surface area contributed by atoms with E-state index >= 15 is 0 Å². The molecule has 0 unspecified atom stereocenters. The molecule has 112 valence electrons. The number of pyridine rings is 1. The molecule has 0 fully saturated rings. The van der Waals surface area contributed by atoms with E-state index in [-0.39, 0.29) is 12.3 Å². The molecule has 1 amide bonds. The molecule has 6 heteroatoms. The Labute approximate surface area is 137 Å². The van der Waals surface area contributed by atoms with Crippen molar-refractivity contribution >= 4 is 40.4 Å². The molecule has 0 saturated carbocycles. The third-order valence-electron chi connectivity index (χ3n) is 3.15. The highest BCUT2D eigenvalue weighted by atomic mass is 35.5. The number of imidazole rings is 1. The highest BCUT2D eigenvalue weighted by Crippen LogP contribution is 2.22. The molecule has 0 spiro atoms. The van der Waals surface area contributed by atoms with Crippen molar-refractivity contribution < 1.29 is 4.79 Å². The van der Waals surface area contributed by atoms with Crippen LogP contribution in [-0.2, 0) is 11.2 Å². The number of hydrogen-bond donors (Lipinski definition) is 1. The summed E-state index contributed by atoms with van der Waals surface area (Å²) in [6.07, 6.45) is 3.96. The zero-order chi connectivity index (χ0) is 15.7. The van der Waals surface area contributed by atoms with Gasteiger partial charge in [0.2, 0.25) is 5.91 Å². The summed E-state index contributed by atoms with van der Waals surface area (Å²) in [4.78, 5) is 16.5. The van der Waals surface area contributed by atoms with Gasteiger partial charge in [0.05, 0.1) is 12.1 Å². The monoisotopic (exact) mass is 333 g/mol. The number of aryl methyl sites for hydroxylation is 1. The minimum atomic E-state index is -0.168. The number of rotatable bonds is 3. The normalized spacial score (nSPS) is 10.9. The van der Waals surface area contributed by atoms with E-state index in [0.29, 0.717) is 21.4 Å². The van der Waals surface area contributed by atoms with Crippen molar-refractivity contribution in [1.29, 1.82) is 0 Å². The molecule has 0 atom stereocenters. The Hall–Kier alpha value is -2.04. The fourth-order valence-electron chi connectivity index (χ4n) is 2.22. The van der Waals surface area contributed by atoms with Gasteiger partial charge in [0, 0.05) is 28.1 Å². The van der Waals surface area contributed by atoms with Crippen molar-refractivity contribution in [3.05, 3.63) is 64.0 Å². The first-order chi connectivity index (χ1) is 10.5. The minimum Gasteiger partial charge on any atom is -0.326 e. The summed E-state index contributed by atoms with van der Waals surface area (Å²) >= 11 is 11.8. The number of fused-ring (bicyclic) bond motifs is 1. The Bertz CT molecular complexity index is 837. The largest absolute Gasteiger partial charge is 0.326 e. The summed E-state index contributed by atoms with van der Waals surface area (Å²) < 4.78 is 1.89. The third-order valence-corrected chi connectivity index (χ3v) is 3.59. The first-order valence-electron chi connectivity index (χ1n) is 6.70. The average molecular weight is 334 g/mol. The van der Waals surface area contributed by atoms with Gasteiger partial charge in [0.1, 0.15) is 5.65 Å². The van der Waals surface area contributed by atoms with Crippen LogP contribution in [0.2, 0.25) is 10.0 Å². The van der Waals surface area contributed by atoms with Gasteiger partial charge in [0.15, 0.2) is 0 Å². The van der Waals surface area contributed by atoms with Crippen LogP contribution in [0.4, 0.5) is 5.69 Å². The van der Waals surface area contributed by atoms with Crippen LogP contribution < -0.4 is 5.32 Å². The van der Waals surface area contributed by atoms with E-state index in [0.717, 1.165) is 11.2 Å². The summed E-state index contributed by atoms with van der Waals surface area (Å²) in [6, 6.07) is 8.88. The Balaban J connectivity index is 1.75. The van der Waals surface area contributed by atoms with E-state index in [1.807, 2.05) is 35.9 Å².